The van der Waals surface area contributed by atoms with Gasteiger partial charge >= 0.3 is 5.97 Å². The lowest BCUT2D eigenvalue weighted by Gasteiger charge is -2.09. The summed E-state index contributed by atoms with van der Waals surface area (Å²) in [6, 6.07) is 7.28. The Labute approximate surface area is 114 Å². The monoisotopic (exact) mass is 266 g/mol. The maximum Gasteiger partial charge on any atom is 0.338 e. The van der Waals surface area contributed by atoms with Gasteiger partial charge in [-0.1, -0.05) is 32.0 Å². The van der Waals surface area contributed by atoms with Crippen LogP contribution in [0.4, 0.5) is 0 Å². The first kappa shape index (κ1) is 15.7. The van der Waals surface area contributed by atoms with Crippen LogP contribution in [0.15, 0.2) is 24.3 Å². The van der Waals surface area contributed by atoms with Gasteiger partial charge in [-0.25, -0.2) is 4.79 Å². The maximum atomic E-state index is 11.5. The number of benzene rings is 1. The molecule has 1 aromatic carbocycles. The molecule has 19 heavy (non-hydrogen) atoms. The number of esters is 1. The van der Waals surface area contributed by atoms with Crippen molar-refractivity contribution in [3.05, 3.63) is 35.4 Å². The average molecular weight is 266 g/mol. The van der Waals surface area contributed by atoms with Gasteiger partial charge in [0.25, 0.3) is 0 Å². The third-order valence-electron chi connectivity index (χ3n) is 2.50. The predicted molar refractivity (Wildman–Crippen MR) is 73.1 cm³/mol. The van der Waals surface area contributed by atoms with Crippen LogP contribution in [0.25, 0.3) is 0 Å². The summed E-state index contributed by atoms with van der Waals surface area (Å²) >= 11 is 0. The third kappa shape index (κ3) is 5.85. The highest BCUT2D eigenvalue weighted by molar-refractivity contribution is 5.90. The summed E-state index contributed by atoms with van der Waals surface area (Å²) in [6.45, 7) is 6.42. The number of carbonyl (C=O) groups is 1. The number of rotatable bonds is 8. The Morgan fingerprint density at radius 2 is 1.84 bits per heavy atom. The topological polar surface area (TPSA) is 44.8 Å². The zero-order valence-electron chi connectivity index (χ0n) is 11.8. The fourth-order valence-corrected chi connectivity index (χ4v) is 1.57. The molecule has 0 aliphatic rings. The molecule has 0 saturated heterocycles. The fourth-order valence-electron chi connectivity index (χ4n) is 1.57. The van der Waals surface area contributed by atoms with Crippen molar-refractivity contribution in [2.75, 3.05) is 26.9 Å². The normalized spacial score (nSPS) is 10.7. The number of hydrogen-bond acceptors (Lipinski definition) is 4. The summed E-state index contributed by atoms with van der Waals surface area (Å²) in [5.74, 6) is 0.190. The van der Waals surface area contributed by atoms with Gasteiger partial charge in [0.2, 0.25) is 0 Å². The minimum absolute atomic E-state index is 0.338. The van der Waals surface area contributed by atoms with Crippen molar-refractivity contribution >= 4 is 5.97 Å². The van der Waals surface area contributed by atoms with E-state index < -0.39 is 0 Å². The Morgan fingerprint density at radius 1 is 1.16 bits per heavy atom. The molecule has 0 unspecified atom stereocenters. The van der Waals surface area contributed by atoms with E-state index in [4.69, 9.17) is 14.2 Å². The SMILES string of the molecule is COC(=O)c1ccccc1COCCOCC(C)C. The van der Waals surface area contributed by atoms with Crippen molar-refractivity contribution in [3.63, 3.8) is 0 Å². The Morgan fingerprint density at radius 3 is 2.53 bits per heavy atom. The quantitative estimate of drug-likeness (QED) is 0.536. The summed E-state index contributed by atoms with van der Waals surface area (Å²) in [5.41, 5.74) is 1.38. The highest BCUT2D eigenvalue weighted by atomic mass is 16.5. The second-order valence-corrected chi connectivity index (χ2v) is 4.67. The highest BCUT2D eigenvalue weighted by Crippen LogP contribution is 2.11. The molecule has 0 N–H and O–H groups in total. The van der Waals surface area contributed by atoms with Crippen LogP contribution in [0.2, 0.25) is 0 Å². The molecule has 4 nitrogen and oxygen atoms in total. The molecule has 0 aliphatic heterocycles. The van der Waals surface area contributed by atoms with E-state index in [1.165, 1.54) is 7.11 Å². The largest absolute Gasteiger partial charge is 0.465 e. The molecular formula is C15H22O4. The summed E-state index contributed by atoms with van der Waals surface area (Å²) in [7, 11) is 1.37. The van der Waals surface area contributed by atoms with E-state index in [0.29, 0.717) is 31.3 Å². The lowest BCUT2D eigenvalue weighted by Crippen LogP contribution is -2.10. The number of ether oxygens (including phenoxy) is 3. The van der Waals surface area contributed by atoms with Gasteiger partial charge < -0.3 is 14.2 Å². The smallest absolute Gasteiger partial charge is 0.338 e. The molecule has 4 heteroatoms. The van der Waals surface area contributed by atoms with Crippen molar-refractivity contribution in [1.29, 1.82) is 0 Å². The number of carbonyl (C=O) groups excluding carboxylic acids is 1. The lowest BCUT2D eigenvalue weighted by atomic mass is 10.1. The van der Waals surface area contributed by atoms with Crippen molar-refractivity contribution < 1.29 is 19.0 Å². The minimum atomic E-state index is -0.338. The van der Waals surface area contributed by atoms with E-state index in [9.17, 15) is 4.79 Å². The van der Waals surface area contributed by atoms with Crippen LogP contribution in [0, 0.1) is 5.92 Å². The molecular weight excluding hydrogens is 244 g/mol. The third-order valence-corrected chi connectivity index (χ3v) is 2.50. The molecule has 0 bridgehead atoms. The standard InChI is InChI=1S/C15H22O4/c1-12(2)10-18-8-9-19-11-13-6-4-5-7-14(13)15(16)17-3/h4-7,12H,8-11H2,1-3H3. The van der Waals surface area contributed by atoms with Crippen LogP contribution < -0.4 is 0 Å². The van der Waals surface area contributed by atoms with Crippen LogP contribution in [0.3, 0.4) is 0 Å². The molecule has 0 saturated carbocycles. The second-order valence-electron chi connectivity index (χ2n) is 4.67. The van der Waals surface area contributed by atoms with Gasteiger partial charge in [-0.3, -0.25) is 0 Å². The van der Waals surface area contributed by atoms with Crippen molar-refractivity contribution in [2.24, 2.45) is 5.92 Å². The Kier molecular flexibility index (Phi) is 7.15. The van der Waals surface area contributed by atoms with Crippen LogP contribution in [0.1, 0.15) is 29.8 Å². The van der Waals surface area contributed by atoms with Gasteiger partial charge in [0.05, 0.1) is 32.5 Å². The van der Waals surface area contributed by atoms with Gasteiger partial charge in [-0.05, 0) is 17.5 Å². The molecule has 0 aliphatic carbocycles. The van der Waals surface area contributed by atoms with Gasteiger partial charge in [0.15, 0.2) is 0 Å². The maximum absolute atomic E-state index is 11.5. The van der Waals surface area contributed by atoms with Gasteiger partial charge in [0.1, 0.15) is 0 Å². The summed E-state index contributed by atoms with van der Waals surface area (Å²) < 4.78 is 15.6. The average Bonchev–Trinajstić information content (AvgIpc) is 2.42. The zero-order valence-corrected chi connectivity index (χ0v) is 11.8. The molecule has 1 aromatic rings. The molecule has 0 heterocycles. The summed E-state index contributed by atoms with van der Waals surface area (Å²) in [6.07, 6.45) is 0. The molecule has 106 valence electrons. The van der Waals surface area contributed by atoms with E-state index in [1.807, 2.05) is 18.2 Å². The summed E-state index contributed by atoms with van der Waals surface area (Å²) in [5, 5.41) is 0. The van der Waals surface area contributed by atoms with Gasteiger partial charge in [-0.2, -0.15) is 0 Å². The Bertz CT molecular complexity index is 387. The first-order chi connectivity index (χ1) is 9.15. The van der Waals surface area contributed by atoms with Crippen molar-refractivity contribution in [3.8, 4) is 0 Å². The zero-order chi connectivity index (χ0) is 14.1. The molecule has 1 rings (SSSR count). The molecule has 0 radical (unpaired) electrons. The summed E-state index contributed by atoms with van der Waals surface area (Å²) in [4.78, 5) is 11.5. The molecule has 0 amide bonds. The van der Waals surface area contributed by atoms with Gasteiger partial charge in [0, 0.05) is 6.61 Å². The Hall–Kier alpha value is -1.39. The van der Waals surface area contributed by atoms with Gasteiger partial charge in [-0.15, -0.1) is 0 Å². The molecule has 0 spiro atoms. The second kappa shape index (κ2) is 8.67. The molecule has 0 fully saturated rings. The lowest BCUT2D eigenvalue weighted by molar-refractivity contribution is 0.0307. The van der Waals surface area contributed by atoms with E-state index in [0.717, 1.165) is 12.2 Å². The van der Waals surface area contributed by atoms with Crippen molar-refractivity contribution in [2.45, 2.75) is 20.5 Å². The van der Waals surface area contributed by atoms with Crippen molar-refractivity contribution in [1.82, 2.24) is 0 Å². The van der Waals surface area contributed by atoms with Crippen LogP contribution in [-0.2, 0) is 20.8 Å². The van der Waals surface area contributed by atoms with Crippen LogP contribution >= 0.6 is 0 Å². The molecule has 0 aromatic heterocycles. The first-order valence-electron chi connectivity index (χ1n) is 6.47. The van der Waals surface area contributed by atoms with E-state index in [1.54, 1.807) is 6.07 Å². The van der Waals surface area contributed by atoms with Crippen LogP contribution in [0.5, 0.6) is 0 Å². The predicted octanol–water partition coefficient (Wildman–Crippen LogP) is 2.66. The van der Waals surface area contributed by atoms with E-state index in [2.05, 4.69) is 13.8 Å². The molecule has 0 atom stereocenters. The minimum Gasteiger partial charge on any atom is -0.465 e. The number of hydrogen-bond donors (Lipinski definition) is 0. The number of methoxy groups -OCH3 is 1. The van der Waals surface area contributed by atoms with E-state index in [-0.39, 0.29) is 5.97 Å². The fraction of sp³-hybridized carbons (Fsp3) is 0.533. The van der Waals surface area contributed by atoms with E-state index >= 15 is 0 Å². The Balaban J connectivity index is 2.35. The van der Waals surface area contributed by atoms with Crippen LogP contribution in [-0.4, -0.2) is 32.9 Å². The first-order valence-corrected chi connectivity index (χ1v) is 6.47. The highest BCUT2D eigenvalue weighted by Gasteiger charge is 2.10.